The Kier molecular flexibility index (Phi) is 8.99. The van der Waals surface area contributed by atoms with Crippen LogP contribution in [0.4, 0.5) is 0 Å². The molecule has 38 heavy (non-hydrogen) atoms. The van der Waals surface area contributed by atoms with Crippen LogP contribution < -0.4 is 10.6 Å². The van der Waals surface area contributed by atoms with Gasteiger partial charge in [-0.05, 0) is 75.8 Å². The van der Waals surface area contributed by atoms with Gasteiger partial charge in [-0.25, -0.2) is 9.59 Å². The Morgan fingerprint density at radius 1 is 0.947 bits per heavy atom. The monoisotopic (exact) mass is 529 g/mol. The molecular formula is C27H39N5O6. The van der Waals surface area contributed by atoms with Crippen molar-refractivity contribution in [2.24, 2.45) is 23.7 Å². The summed E-state index contributed by atoms with van der Waals surface area (Å²) in [4.78, 5) is 58.4. The molecule has 2 bridgehead atoms. The van der Waals surface area contributed by atoms with Crippen molar-refractivity contribution in [3.63, 3.8) is 0 Å². The SMILES string of the molecule is CCCN1CCC(C)[C@@H]([C@@H](NC(=O)c2ccc(C(=O)N[C@@H](C(=O)O)[C@H]3CN4CCC3CC4)nc2)C(=O)O)C1. The highest BCUT2D eigenvalue weighted by Gasteiger charge is 2.42. The Hall–Kier alpha value is -3.05. The van der Waals surface area contributed by atoms with E-state index in [1.807, 2.05) is 6.92 Å². The molecule has 4 fully saturated rings. The third-order valence-corrected chi connectivity index (χ3v) is 8.57. The number of pyridine rings is 1. The molecule has 1 aromatic rings. The summed E-state index contributed by atoms with van der Waals surface area (Å²) in [6.45, 7) is 9.09. The van der Waals surface area contributed by atoms with E-state index in [1.165, 1.54) is 18.3 Å². The van der Waals surface area contributed by atoms with Crippen molar-refractivity contribution in [1.29, 1.82) is 0 Å². The summed E-state index contributed by atoms with van der Waals surface area (Å²) in [7, 11) is 0. The Balaban J connectivity index is 1.39. The normalized spacial score (nSPS) is 28.7. The van der Waals surface area contributed by atoms with E-state index in [1.54, 1.807) is 0 Å². The molecular weight excluding hydrogens is 490 g/mol. The van der Waals surface area contributed by atoms with E-state index < -0.39 is 35.8 Å². The molecule has 5 atom stereocenters. The largest absolute Gasteiger partial charge is 0.480 e. The lowest BCUT2D eigenvalue weighted by atomic mass is 9.75. The fourth-order valence-corrected chi connectivity index (χ4v) is 6.32. The minimum Gasteiger partial charge on any atom is -0.480 e. The molecule has 1 unspecified atom stereocenters. The highest BCUT2D eigenvalue weighted by Crippen LogP contribution is 2.34. The van der Waals surface area contributed by atoms with Gasteiger partial charge < -0.3 is 30.6 Å². The maximum atomic E-state index is 12.9. The molecule has 5 rings (SSSR count). The van der Waals surface area contributed by atoms with Crippen molar-refractivity contribution in [1.82, 2.24) is 25.4 Å². The van der Waals surface area contributed by atoms with Gasteiger partial charge in [0.2, 0.25) is 0 Å². The maximum absolute atomic E-state index is 12.9. The number of piperidine rings is 4. The lowest BCUT2D eigenvalue weighted by Gasteiger charge is -2.46. The average Bonchev–Trinajstić information content (AvgIpc) is 2.91. The molecule has 4 N–H and O–H groups in total. The van der Waals surface area contributed by atoms with Gasteiger partial charge in [0.05, 0.1) is 5.56 Å². The zero-order chi connectivity index (χ0) is 27.4. The molecule has 1 aromatic heterocycles. The number of nitrogens with zero attached hydrogens (tertiary/aromatic N) is 3. The summed E-state index contributed by atoms with van der Waals surface area (Å²) < 4.78 is 0. The molecule has 11 heteroatoms. The van der Waals surface area contributed by atoms with Crippen LogP contribution in [0.1, 0.15) is 60.4 Å². The summed E-state index contributed by atoms with van der Waals surface area (Å²) >= 11 is 0. The molecule has 0 radical (unpaired) electrons. The first-order chi connectivity index (χ1) is 18.2. The van der Waals surface area contributed by atoms with E-state index in [9.17, 15) is 29.4 Å². The van der Waals surface area contributed by atoms with Gasteiger partial charge in [0.25, 0.3) is 11.8 Å². The average molecular weight is 530 g/mol. The topological polar surface area (TPSA) is 152 Å². The third-order valence-electron chi connectivity index (χ3n) is 8.57. The molecule has 208 valence electrons. The fraction of sp³-hybridized carbons (Fsp3) is 0.667. The van der Waals surface area contributed by atoms with Crippen LogP contribution in [-0.4, -0.2) is 100 Å². The van der Waals surface area contributed by atoms with Crippen LogP contribution in [0, 0.1) is 23.7 Å². The summed E-state index contributed by atoms with van der Waals surface area (Å²) in [6.07, 6.45) is 4.93. The molecule has 5 heterocycles. The number of hydrogen-bond donors (Lipinski definition) is 4. The number of aromatic nitrogens is 1. The Morgan fingerprint density at radius 3 is 2.16 bits per heavy atom. The molecule has 0 saturated carbocycles. The second-order valence-corrected chi connectivity index (χ2v) is 11.0. The predicted molar refractivity (Wildman–Crippen MR) is 139 cm³/mol. The molecule has 2 amide bonds. The van der Waals surface area contributed by atoms with Crippen LogP contribution in [0.3, 0.4) is 0 Å². The van der Waals surface area contributed by atoms with Crippen molar-refractivity contribution in [3.8, 4) is 0 Å². The van der Waals surface area contributed by atoms with Gasteiger partial charge in [0.1, 0.15) is 17.8 Å². The number of amides is 2. The van der Waals surface area contributed by atoms with E-state index in [-0.39, 0.29) is 34.9 Å². The van der Waals surface area contributed by atoms with Crippen LogP contribution in [0.25, 0.3) is 0 Å². The van der Waals surface area contributed by atoms with Gasteiger partial charge in [-0.3, -0.25) is 14.6 Å². The van der Waals surface area contributed by atoms with Gasteiger partial charge in [0.15, 0.2) is 0 Å². The molecule has 4 aliphatic heterocycles. The van der Waals surface area contributed by atoms with Crippen LogP contribution in [0.2, 0.25) is 0 Å². The number of fused-ring (bicyclic) bond motifs is 3. The van der Waals surface area contributed by atoms with Crippen molar-refractivity contribution < 1.29 is 29.4 Å². The van der Waals surface area contributed by atoms with Crippen molar-refractivity contribution >= 4 is 23.8 Å². The van der Waals surface area contributed by atoms with E-state index in [0.717, 1.165) is 51.9 Å². The minimum absolute atomic E-state index is 0.0000280. The molecule has 0 spiro atoms. The first-order valence-corrected chi connectivity index (χ1v) is 13.7. The molecule has 11 nitrogen and oxygen atoms in total. The summed E-state index contributed by atoms with van der Waals surface area (Å²) in [6, 6.07) is 0.717. The lowest BCUT2D eigenvalue weighted by Crippen LogP contribution is -2.57. The van der Waals surface area contributed by atoms with Crippen molar-refractivity contribution in [2.75, 3.05) is 39.3 Å². The van der Waals surface area contributed by atoms with Crippen LogP contribution >= 0.6 is 0 Å². The second kappa shape index (κ2) is 12.2. The number of hydrogen-bond acceptors (Lipinski definition) is 7. The number of likely N-dealkylation sites (tertiary alicyclic amines) is 1. The zero-order valence-corrected chi connectivity index (χ0v) is 22.1. The fourth-order valence-electron chi connectivity index (χ4n) is 6.32. The number of carboxylic acids is 2. The molecule has 4 aliphatic rings. The quantitative estimate of drug-likeness (QED) is 0.350. The van der Waals surface area contributed by atoms with E-state index in [0.29, 0.717) is 13.1 Å². The number of carbonyl (C=O) groups excluding carboxylic acids is 2. The third kappa shape index (κ3) is 6.32. The first kappa shape index (κ1) is 28.0. The van der Waals surface area contributed by atoms with Gasteiger partial charge in [-0.2, -0.15) is 0 Å². The van der Waals surface area contributed by atoms with Crippen LogP contribution in [0.15, 0.2) is 18.3 Å². The van der Waals surface area contributed by atoms with E-state index >= 15 is 0 Å². The molecule has 0 aromatic carbocycles. The van der Waals surface area contributed by atoms with E-state index in [2.05, 4.69) is 32.3 Å². The molecule has 0 aliphatic carbocycles. The van der Waals surface area contributed by atoms with Gasteiger partial charge in [0, 0.05) is 31.1 Å². The predicted octanol–water partition coefficient (Wildman–Crippen LogP) is 1.16. The van der Waals surface area contributed by atoms with Crippen LogP contribution in [-0.2, 0) is 9.59 Å². The number of rotatable bonds is 10. The Labute approximate surface area is 223 Å². The minimum atomic E-state index is -1.08. The Bertz CT molecular complexity index is 1030. The number of carboxylic acid groups (broad SMARTS) is 2. The van der Waals surface area contributed by atoms with E-state index in [4.69, 9.17) is 0 Å². The highest BCUT2D eigenvalue weighted by molar-refractivity contribution is 5.98. The highest BCUT2D eigenvalue weighted by atomic mass is 16.4. The number of aliphatic carboxylic acids is 2. The smallest absolute Gasteiger partial charge is 0.326 e. The molecule has 4 saturated heterocycles. The van der Waals surface area contributed by atoms with Crippen LogP contribution in [0.5, 0.6) is 0 Å². The number of carbonyl (C=O) groups is 4. The summed E-state index contributed by atoms with van der Waals surface area (Å²) in [5.41, 5.74) is 0.133. The zero-order valence-electron chi connectivity index (χ0n) is 22.1. The maximum Gasteiger partial charge on any atom is 0.326 e. The van der Waals surface area contributed by atoms with Gasteiger partial charge in [-0.15, -0.1) is 0 Å². The summed E-state index contributed by atoms with van der Waals surface area (Å²) in [5, 5.41) is 25.0. The van der Waals surface area contributed by atoms with Gasteiger partial charge >= 0.3 is 11.9 Å². The lowest BCUT2D eigenvalue weighted by molar-refractivity contribution is -0.143. The van der Waals surface area contributed by atoms with Crippen molar-refractivity contribution in [3.05, 3.63) is 29.6 Å². The number of nitrogens with one attached hydrogen (secondary N) is 2. The standard InChI is InChI=1S/C27H39N5O6/c1-3-9-31-10-6-16(2)19(14-31)22(26(35)36)29-24(33)18-4-5-21(28-13-18)25(34)30-23(27(37)38)20-15-32-11-7-17(20)8-12-32/h4-5,13,16-17,19-20,22-23H,3,6-12,14-15H2,1-2H3,(H,29,33)(H,30,34)(H,35,36)(H,37,38)/t16?,19-,20-,22+,23+/m0/s1. The Morgan fingerprint density at radius 2 is 1.61 bits per heavy atom. The van der Waals surface area contributed by atoms with Gasteiger partial charge in [-0.1, -0.05) is 13.8 Å². The second-order valence-electron chi connectivity index (χ2n) is 11.0. The van der Waals surface area contributed by atoms with Crippen molar-refractivity contribution in [2.45, 2.75) is 51.6 Å². The first-order valence-electron chi connectivity index (χ1n) is 13.7. The summed E-state index contributed by atoms with van der Waals surface area (Å²) in [5.74, 6) is -3.31.